The molecule has 9 nitrogen and oxygen atoms in total. The summed E-state index contributed by atoms with van der Waals surface area (Å²) in [5.41, 5.74) is 0.0366. The average molecular weight is 440 g/mol. The fourth-order valence-corrected chi connectivity index (χ4v) is 3.07. The Labute approximate surface area is 175 Å². The number of benzene rings is 1. The van der Waals surface area contributed by atoms with Gasteiger partial charge in [0.25, 0.3) is 11.6 Å². The number of ether oxygens (including phenoxy) is 1. The molecule has 2 rings (SSSR count). The van der Waals surface area contributed by atoms with Crippen molar-refractivity contribution in [2.24, 2.45) is 0 Å². The predicted octanol–water partition coefficient (Wildman–Crippen LogP) is 2.85. The lowest BCUT2D eigenvalue weighted by Crippen LogP contribution is -2.42. The molecule has 2 N–H and O–H groups in total. The molecule has 1 aromatic carbocycles. The highest BCUT2D eigenvalue weighted by Gasteiger charge is 2.25. The van der Waals surface area contributed by atoms with Gasteiger partial charge in [-0.3, -0.25) is 19.7 Å². The molecule has 0 aliphatic rings. The number of esters is 1. The maximum atomic E-state index is 12.5. The van der Waals surface area contributed by atoms with Crippen LogP contribution in [0.2, 0.25) is 5.02 Å². The van der Waals surface area contributed by atoms with E-state index in [1.807, 2.05) is 6.26 Å². The lowest BCUT2D eigenvalue weighted by molar-refractivity contribution is -0.384. The minimum Gasteiger partial charge on any atom is -0.456 e. The summed E-state index contributed by atoms with van der Waals surface area (Å²) in [6.45, 7) is -0.469. The van der Waals surface area contributed by atoms with Crippen LogP contribution < -0.4 is 5.32 Å². The molecule has 1 atom stereocenters. The monoisotopic (exact) mass is 439 g/mol. The van der Waals surface area contributed by atoms with Crippen LogP contribution in [-0.4, -0.2) is 52.2 Å². The fraction of sp³-hybridized carbons (Fsp3) is 0.278. The highest BCUT2D eigenvalue weighted by Crippen LogP contribution is 2.22. The van der Waals surface area contributed by atoms with Crippen molar-refractivity contribution < 1.29 is 24.0 Å². The Morgan fingerprint density at radius 2 is 2.10 bits per heavy atom. The van der Waals surface area contributed by atoms with Crippen molar-refractivity contribution in [1.82, 2.24) is 10.3 Å². The van der Waals surface area contributed by atoms with Crippen molar-refractivity contribution in [3.8, 4) is 0 Å². The second-order valence-corrected chi connectivity index (χ2v) is 7.24. The normalized spacial score (nSPS) is 11.5. The first kappa shape index (κ1) is 22.4. The number of carbonyl (C=O) groups excluding carboxylic acids is 3. The van der Waals surface area contributed by atoms with Crippen LogP contribution in [0.15, 0.2) is 36.5 Å². The summed E-state index contributed by atoms with van der Waals surface area (Å²) in [7, 11) is 0. The van der Waals surface area contributed by atoms with E-state index >= 15 is 0 Å². The second-order valence-electron chi connectivity index (χ2n) is 5.84. The molecule has 0 aliphatic heterocycles. The molecule has 0 bridgehead atoms. The molecule has 11 heteroatoms. The lowest BCUT2D eigenvalue weighted by Gasteiger charge is -2.17. The van der Waals surface area contributed by atoms with Gasteiger partial charge in [0.1, 0.15) is 6.04 Å². The number of thioether (sulfide) groups is 1. The molecule has 1 aromatic heterocycles. The largest absolute Gasteiger partial charge is 0.456 e. The van der Waals surface area contributed by atoms with E-state index in [1.54, 1.807) is 18.3 Å². The Balaban J connectivity index is 2.05. The number of hydrogen-bond acceptors (Lipinski definition) is 7. The summed E-state index contributed by atoms with van der Waals surface area (Å²) < 4.78 is 5.05. The number of H-pyrrole nitrogens is 1. The number of nitrogens with zero attached hydrogens (tertiary/aromatic N) is 1. The van der Waals surface area contributed by atoms with Crippen molar-refractivity contribution in [1.29, 1.82) is 0 Å². The lowest BCUT2D eigenvalue weighted by atomic mass is 10.1. The number of ketones is 1. The van der Waals surface area contributed by atoms with Crippen LogP contribution in [0.5, 0.6) is 0 Å². The van der Waals surface area contributed by atoms with Crippen molar-refractivity contribution in [2.75, 3.05) is 18.6 Å². The Morgan fingerprint density at radius 3 is 2.69 bits per heavy atom. The standard InChI is InChI=1S/C18H18ClN3O6S/c1-29-8-6-15(18(25)28-10-16(23)14-3-2-7-20-14)21-17(24)12-5-4-11(22(26)27)9-13(12)19/h2-5,7,9,15,20H,6,8,10H2,1H3,(H,21,24). The molecule has 0 saturated carbocycles. The molecule has 0 fully saturated rings. The van der Waals surface area contributed by atoms with Crippen LogP contribution in [0, 0.1) is 10.1 Å². The van der Waals surface area contributed by atoms with Gasteiger partial charge in [-0.1, -0.05) is 11.6 Å². The van der Waals surface area contributed by atoms with E-state index in [-0.39, 0.29) is 22.7 Å². The molecule has 29 heavy (non-hydrogen) atoms. The Bertz CT molecular complexity index is 903. The van der Waals surface area contributed by atoms with Crippen LogP contribution in [-0.2, 0) is 9.53 Å². The van der Waals surface area contributed by atoms with Gasteiger partial charge in [0.2, 0.25) is 5.78 Å². The number of amides is 1. The first-order chi connectivity index (χ1) is 13.8. The minimum atomic E-state index is -1.00. The molecule has 0 aliphatic carbocycles. The number of carbonyl (C=O) groups is 3. The molecule has 1 heterocycles. The highest BCUT2D eigenvalue weighted by atomic mass is 35.5. The third kappa shape index (κ3) is 6.33. The van der Waals surface area contributed by atoms with Gasteiger partial charge in [0.05, 0.1) is 21.2 Å². The van der Waals surface area contributed by atoms with E-state index in [0.29, 0.717) is 11.4 Å². The molecule has 0 radical (unpaired) electrons. The number of halogens is 1. The number of hydrogen-bond donors (Lipinski definition) is 2. The first-order valence-corrected chi connectivity index (χ1v) is 10.2. The predicted molar refractivity (Wildman–Crippen MR) is 108 cm³/mol. The van der Waals surface area contributed by atoms with Crippen LogP contribution in [0.4, 0.5) is 5.69 Å². The average Bonchev–Trinajstić information content (AvgIpc) is 3.23. The SMILES string of the molecule is CSCCC(NC(=O)c1ccc([N+](=O)[O-])cc1Cl)C(=O)OCC(=O)c1ccc[nH]1. The zero-order valence-corrected chi connectivity index (χ0v) is 16.9. The number of non-ortho nitro benzene ring substituents is 1. The van der Waals surface area contributed by atoms with Gasteiger partial charge < -0.3 is 15.0 Å². The summed E-state index contributed by atoms with van der Waals surface area (Å²) in [5, 5.41) is 13.2. The Kier molecular flexibility index (Phi) is 8.22. The molecule has 0 spiro atoms. The first-order valence-electron chi connectivity index (χ1n) is 8.40. The van der Waals surface area contributed by atoms with Crippen LogP contribution in [0.3, 0.4) is 0 Å². The summed E-state index contributed by atoms with van der Waals surface area (Å²) in [5.74, 6) is -1.29. The van der Waals surface area contributed by atoms with Crippen molar-refractivity contribution in [2.45, 2.75) is 12.5 Å². The van der Waals surface area contributed by atoms with Gasteiger partial charge in [-0.05, 0) is 36.6 Å². The maximum absolute atomic E-state index is 12.5. The van der Waals surface area contributed by atoms with Gasteiger partial charge >= 0.3 is 5.97 Å². The summed E-state index contributed by atoms with van der Waals surface area (Å²) in [6, 6.07) is 5.61. The van der Waals surface area contributed by atoms with Crippen molar-refractivity contribution in [3.63, 3.8) is 0 Å². The third-order valence-electron chi connectivity index (χ3n) is 3.85. The molecule has 0 saturated heterocycles. The van der Waals surface area contributed by atoms with E-state index in [1.165, 1.54) is 17.8 Å². The zero-order chi connectivity index (χ0) is 21.4. The summed E-state index contributed by atoms with van der Waals surface area (Å²) in [6.07, 6.45) is 3.68. The highest BCUT2D eigenvalue weighted by molar-refractivity contribution is 7.98. The number of rotatable bonds is 10. The number of aromatic nitrogens is 1. The Morgan fingerprint density at radius 1 is 1.34 bits per heavy atom. The maximum Gasteiger partial charge on any atom is 0.329 e. The van der Waals surface area contributed by atoms with E-state index in [4.69, 9.17) is 16.3 Å². The fourth-order valence-electron chi connectivity index (χ4n) is 2.34. The molecule has 1 amide bonds. The number of Topliss-reactive ketones (excluding diaryl/α,β-unsaturated/α-hetero) is 1. The third-order valence-corrected chi connectivity index (χ3v) is 4.81. The van der Waals surface area contributed by atoms with Crippen LogP contribution >= 0.6 is 23.4 Å². The van der Waals surface area contributed by atoms with Crippen LogP contribution in [0.25, 0.3) is 0 Å². The Hall–Kier alpha value is -2.85. The molecular formula is C18H18ClN3O6S. The molecular weight excluding hydrogens is 422 g/mol. The number of nitro groups is 1. The second kappa shape index (κ2) is 10.6. The minimum absolute atomic E-state index is 0.0123. The summed E-state index contributed by atoms with van der Waals surface area (Å²) >= 11 is 7.43. The zero-order valence-electron chi connectivity index (χ0n) is 15.3. The van der Waals surface area contributed by atoms with E-state index in [0.717, 1.165) is 12.1 Å². The van der Waals surface area contributed by atoms with E-state index < -0.39 is 35.2 Å². The van der Waals surface area contributed by atoms with E-state index in [9.17, 15) is 24.5 Å². The van der Waals surface area contributed by atoms with Gasteiger partial charge in [-0.2, -0.15) is 11.8 Å². The number of aromatic amines is 1. The van der Waals surface area contributed by atoms with Gasteiger partial charge in [-0.25, -0.2) is 4.79 Å². The van der Waals surface area contributed by atoms with Crippen molar-refractivity contribution in [3.05, 3.63) is 62.9 Å². The van der Waals surface area contributed by atoms with Gasteiger partial charge in [-0.15, -0.1) is 0 Å². The number of nitro benzene ring substituents is 1. The van der Waals surface area contributed by atoms with Gasteiger partial charge in [0, 0.05) is 18.3 Å². The smallest absolute Gasteiger partial charge is 0.329 e. The van der Waals surface area contributed by atoms with E-state index in [2.05, 4.69) is 10.3 Å². The molecule has 154 valence electrons. The molecule has 1 unspecified atom stereocenters. The topological polar surface area (TPSA) is 131 Å². The van der Waals surface area contributed by atoms with Gasteiger partial charge in [0.15, 0.2) is 6.61 Å². The van der Waals surface area contributed by atoms with Crippen LogP contribution in [0.1, 0.15) is 27.3 Å². The quantitative estimate of drug-likeness (QED) is 0.252. The number of nitrogens with one attached hydrogen (secondary N) is 2. The molecule has 2 aromatic rings. The summed E-state index contributed by atoms with van der Waals surface area (Å²) in [4.78, 5) is 49.7. The van der Waals surface area contributed by atoms with Crippen molar-refractivity contribution >= 4 is 46.7 Å².